The highest BCUT2D eigenvalue weighted by Gasteiger charge is 2.32. The summed E-state index contributed by atoms with van der Waals surface area (Å²) in [6.07, 6.45) is 3.76. The number of carbonyl (C=O) groups is 2. The Morgan fingerprint density at radius 3 is 2.45 bits per heavy atom. The van der Waals surface area contributed by atoms with Crippen molar-refractivity contribution in [1.82, 2.24) is 5.32 Å². The van der Waals surface area contributed by atoms with E-state index in [1.165, 1.54) is 10.6 Å². The minimum Gasteiger partial charge on any atom is -0.349 e. The van der Waals surface area contributed by atoms with E-state index in [0.29, 0.717) is 28.9 Å². The van der Waals surface area contributed by atoms with E-state index in [4.69, 9.17) is 0 Å². The second-order valence-electron chi connectivity index (χ2n) is 7.74. The molecule has 1 aliphatic carbocycles. The highest BCUT2D eigenvalue weighted by molar-refractivity contribution is 7.92. The van der Waals surface area contributed by atoms with Crippen LogP contribution in [0.1, 0.15) is 46.0 Å². The maximum atomic E-state index is 12.7. The molecule has 1 unspecified atom stereocenters. The predicted octanol–water partition coefficient (Wildman–Crippen LogP) is 2.54. The first kappa shape index (κ1) is 19.4. The lowest BCUT2D eigenvalue weighted by Gasteiger charge is -2.21. The second-order valence-corrected chi connectivity index (χ2v) is 9.60. The minimum atomic E-state index is -3.37. The number of fused-ring (bicyclic) bond motifs is 1. The van der Waals surface area contributed by atoms with Crippen molar-refractivity contribution in [2.24, 2.45) is 0 Å². The third-order valence-corrected chi connectivity index (χ3v) is 6.42. The van der Waals surface area contributed by atoms with Crippen LogP contribution in [0.3, 0.4) is 0 Å². The first-order valence-corrected chi connectivity index (χ1v) is 11.4. The number of anilines is 2. The van der Waals surface area contributed by atoms with Crippen molar-refractivity contribution >= 4 is 33.2 Å². The van der Waals surface area contributed by atoms with Gasteiger partial charge in [-0.1, -0.05) is 6.07 Å². The van der Waals surface area contributed by atoms with Crippen LogP contribution in [-0.4, -0.2) is 38.6 Å². The van der Waals surface area contributed by atoms with Crippen LogP contribution in [0.2, 0.25) is 0 Å². The molecule has 1 fully saturated rings. The number of nitrogens with zero attached hydrogens (tertiary/aromatic N) is 1. The first-order valence-electron chi connectivity index (χ1n) is 9.57. The lowest BCUT2D eigenvalue weighted by atomic mass is 10.1. The van der Waals surface area contributed by atoms with Crippen LogP contribution in [0.25, 0.3) is 0 Å². The molecule has 1 heterocycles. The Hall–Kier alpha value is -2.87. The average Bonchev–Trinajstić information content (AvgIpc) is 3.39. The van der Waals surface area contributed by atoms with E-state index >= 15 is 0 Å². The number of benzene rings is 2. The molecule has 2 N–H and O–H groups in total. The number of sulfonamides is 1. The summed E-state index contributed by atoms with van der Waals surface area (Å²) in [6.45, 7) is 1.85. The summed E-state index contributed by atoms with van der Waals surface area (Å²) in [4.78, 5) is 24.9. The van der Waals surface area contributed by atoms with E-state index in [2.05, 4.69) is 10.6 Å². The van der Waals surface area contributed by atoms with Crippen LogP contribution < -0.4 is 14.9 Å². The molecule has 4 rings (SSSR count). The summed E-state index contributed by atoms with van der Waals surface area (Å²) in [5, 5.41) is 5.74. The van der Waals surface area contributed by atoms with Gasteiger partial charge in [0.15, 0.2) is 0 Å². The first-order chi connectivity index (χ1) is 13.7. The fourth-order valence-corrected chi connectivity index (χ4v) is 4.95. The summed E-state index contributed by atoms with van der Waals surface area (Å²) in [6, 6.07) is 11.9. The van der Waals surface area contributed by atoms with Gasteiger partial charge in [-0.2, -0.15) is 0 Å². The lowest BCUT2D eigenvalue weighted by Crippen LogP contribution is -2.34. The van der Waals surface area contributed by atoms with E-state index in [-0.39, 0.29) is 23.9 Å². The van der Waals surface area contributed by atoms with Crippen LogP contribution in [0.5, 0.6) is 0 Å². The van der Waals surface area contributed by atoms with Gasteiger partial charge in [0, 0.05) is 28.9 Å². The normalized spacial score (nSPS) is 18.3. The van der Waals surface area contributed by atoms with Crippen molar-refractivity contribution in [3.8, 4) is 0 Å². The Morgan fingerprint density at radius 1 is 1.03 bits per heavy atom. The summed E-state index contributed by atoms with van der Waals surface area (Å²) < 4.78 is 25.5. The lowest BCUT2D eigenvalue weighted by molar-refractivity contribution is 0.0949. The highest BCUT2D eigenvalue weighted by atomic mass is 32.2. The molecule has 0 aromatic heterocycles. The van der Waals surface area contributed by atoms with Gasteiger partial charge in [0.2, 0.25) is 10.0 Å². The van der Waals surface area contributed by atoms with Crippen molar-refractivity contribution in [1.29, 1.82) is 0 Å². The molecule has 152 valence electrons. The SMILES string of the molecule is CC1Cc2cc(C(=O)Nc3cccc(C(=O)NC4CC4)c3)ccc2N1S(C)(=O)=O. The van der Waals surface area contributed by atoms with Gasteiger partial charge in [-0.15, -0.1) is 0 Å². The molecule has 0 spiro atoms. The molecule has 1 atom stereocenters. The van der Waals surface area contributed by atoms with Gasteiger partial charge in [-0.3, -0.25) is 13.9 Å². The Bertz CT molecular complexity index is 1090. The van der Waals surface area contributed by atoms with Gasteiger partial charge < -0.3 is 10.6 Å². The third kappa shape index (κ3) is 4.12. The van der Waals surface area contributed by atoms with Gasteiger partial charge in [-0.25, -0.2) is 8.42 Å². The smallest absolute Gasteiger partial charge is 0.255 e. The quantitative estimate of drug-likeness (QED) is 0.787. The van der Waals surface area contributed by atoms with Crippen molar-refractivity contribution in [3.63, 3.8) is 0 Å². The van der Waals surface area contributed by atoms with Gasteiger partial charge in [0.25, 0.3) is 11.8 Å². The predicted molar refractivity (Wildman–Crippen MR) is 112 cm³/mol. The topological polar surface area (TPSA) is 95.6 Å². The van der Waals surface area contributed by atoms with Crippen LogP contribution in [0, 0.1) is 0 Å². The van der Waals surface area contributed by atoms with Crippen molar-refractivity contribution in [2.75, 3.05) is 15.9 Å². The Balaban J connectivity index is 1.51. The molecule has 2 aromatic rings. The maximum Gasteiger partial charge on any atom is 0.255 e. The molecule has 0 bridgehead atoms. The fraction of sp³-hybridized carbons (Fsp3) is 0.333. The Morgan fingerprint density at radius 2 is 1.76 bits per heavy atom. The minimum absolute atomic E-state index is 0.143. The molecule has 1 aliphatic heterocycles. The number of rotatable bonds is 5. The van der Waals surface area contributed by atoms with Gasteiger partial charge in [0.1, 0.15) is 0 Å². The molecule has 1 saturated carbocycles. The third-order valence-electron chi connectivity index (χ3n) is 5.15. The molecule has 0 saturated heterocycles. The molecule has 0 radical (unpaired) electrons. The zero-order valence-electron chi connectivity index (χ0n) is 16.3. The average molecular weight is 413 g/mol. The number of amides is 2. The number of hydrogen-bond acceptors (Lipinski definition) is 4. The highest BCUT2D eigenvalue weighted by Crippen LogP contribution is 2.34. The van der Waals surface area contributed by atoms with E-state index in [0.717, 1.165) is 18.4 Å². The maximum absolute atomic E-state index is 12.7. The van der Waals surface area contributed by atoms with E-state index in [9.17, 15) is 18.0 Å². The van der Waals surface area contributed by atoms with Gasteiger partial charge in [-0.05, 0) is 68.1 Å². The standard InChI is InChI=1S/C21H23N3O4S/c1-13-10-16-11-15(6-9-19(16)24(13)29(2,27)28)21(26)23-18-5-3-4-14(12-18)20(25)22-17-7-8-17/h3-6,9,11-13,17H,7-8,10H2,1-2H3,(H,22,25)(H,23,26). The van der Waals surface area contributed by atoms with Crippen LogP contribution in [0.4, 0.5) is 11.4 Å². The molecule has 29 heavy (non-hydrogen) atoms. The number of hydrogen-bond donors (Lipinski definition) is 2. The molecule has 2 amide bonds. The van der Waals surface area contributed by atoms with Crippen LogP contribution in [-0.2, 0) is 16.4 Å². The zero-order valence-corrected chi connectivity index (χ0v) is 17.1. The van der Waals surface area contributed by atoms with E-state index < -0.39 is 10.0 Å². The molecule has 2 aliphatic rings. The van der Waals surface area contributed by atoms with Crippen molar-refractivity contribution in [3.05, 3.63) is 59.2 Å². The second kappa shape index (κ2) is 7.18. The molecule has 7 nitrogen and oxygen atoms in total. The Kier molecular flexibility index (Phi) is 4.82. The summed E-state index contributed by atoms with van der Waals surface area (Å²) in [5.41, 5.74) is 2.92. The monoisotopic (exact) mass is 413 g/mol. The van der Waals surface area contributed by atoms with E-state index in [1.54, 1.807) is 42.5 Å². The van der Waals surface area contributed by atoms with Crippen LogP contribution in [0.15, 0.2) is 42.5 Å². The number of nitrogens with one attached hydrogen (secondary N) is 2. The Labute approximate surface area is 170 Å². The molecule has 8 heteroatoms. The largest absolute Gasteiger partial charge is 0.349 e. The van der Waals surface area contributed by atoms with Crippen LogP contribution >= 0.6 is 0 Å². The molecular weight excluding hydrogens is 390 g/mol. The van der Waals surface area contributed by atoms with Gasteiger partial charge in [0.05, 0.1) is 11.9 Å². The molecule has 2 aromatic carbocycles. The van der Waals surface area contributed by atoms with Crippen molar-refractivity contribution < 1.29 is 18.0 Å². The summed E-state index contributed by atoms with van der Waals surface area (Å²) in [5.74, 6) is -0.450. The molecular formula is C21H23N3O4S. The number of carbonyl (C=O) groups excluding carboxylic acids is 2. The fourth-order valence-electron chi connectivity index (χ4n) is 3.69. The van der Waals surface area contributed by atoms with E-state index in [1.807, 2.05) is 6.92 Å². The van der Waals surface area contributed by atoms with Crippen molar-refractivity contribution in [2.45, 2.75) is 38.3 Å². The summed E-state index contributed by atoms with van der Waals surface area (Å²) in [7, 11) is -3.37. The van der Waals surface area contributed by atoms with Gasteiger partial charge >= 0.3 is 0 Å². The summed E-state index contributed by atoms with van der Waals surface area (Å²) >= 11 is 0. The zero-order chi connectivity index (χ0) is 20.8.